The number of amides is 1. The standard InChI is InChI=1S/C12H23NO3/c1-10(2,3)12(7,8-14)13-9(15)16-11(4,5)6/h8H,1-7H3,(H,13,15). The van der Waals surface area contributed by atoms with Crippen LogP contribution in [-0.2, 0) is 9.53 Å². The van der Waals surface area contributed by atoms with Crippen LogP contribution in [0.15, 0.2) is 0 Å². The topological polar surface area (TPSA) is 55.4 Å². The lowest BCUT2D eigenvalue weighted by molar-refractivity contribution is -0.116. The average molecular weight is 229 g/mol. The fourth-order valence-electron chi connectivity index (χ4n) is 0.909. The predicted octanol–water partition coefficient (Wildman–Crippen LogP) is 2.51. The first-order valence-corrected chi connectivity index (χ1v) is 5.39. The average Bonchev–Trinajstić information content (AvgIpc) is 1.97. The van der Waals surface area contributed by atoms with E-state index in [0.29, 0.717) is 0 Å². The van der Waals surface area contributed by atoms with Crippen molar-refractivity contribution in [2.45, 2.75) is 59.6 Å². The quantitative estimate of drug-likeness (QED) is 0.740. The van der Waals surface area contributed by atoms with Gasteiger partial charge in [0, 0.05) is 0 Å². The molecule has 94 valence electrons. The summed E-state index contributed by atoms with van der Waals surface area (Å²) in [5.74, 6) is 0. The minimum Gasteiger partial charge on any atom is -0.444 e. The van der Waals surface area contributed by atoms with E-state index in [9.17, 15) is 9.59 Å². The van der Waals surface area contributed by atoms with Gasteiger partial charge in [0.15, 0.2) is 0 Å². The number of aldehydes is 1. The SMILES string of the molecule is CC(C)(C)OC(=O)NC(C)(C=O)C(C)(C)C. The van der Waals surface area contributed by atoms with E-state index < -0.39 is 17.2 Å². The molecule has 0 aromatic heterocycles. The van der Waals surface area contributed by atoms with Gasteiger partial charge in [-0.2, -0.15) is 0 Å². The third kappa shape index (κ3) is 4.21. The first-order valence-electron chi connectivity index (χ1n) is 5.39. The fourth-order valence-corrected chi connectivity index (χ4v) is 0.909. The smallest absolute Gasteiger partial charge is 0.408 e. The van der Waals surface area contributed by atoms with Gasteiger partial charge in [0.25, 0.3) is 0 Å². The number of carbonyl (C=O) groups excluding carboxylic acids is 2. The van der Waals surface area contributed by atoms with E-state index in [1.54, 1.807) is 27.7 Å². The number of hydrogen-bond acceptors (Lipinski definition) is 3. The summed E-state index contributed by atoms with van der Waals surface area (Å²) >= 11 is 0. The van der Waals surface area contributed by atoms with Gasteiger partial charge in [-0.05, 0) is 33.1 Å². The number of ether oxygens (including phenoxy) is 1. The van der Waals surface area contributed by atoms with E-state index in [1.165, 1.54) is 0 Å². The highest BCUT2D eigenvalue weighted by molar-refractivity contribution is 5.77. The van der Waals surface area contributed by atoms with E-state index >= 15 is 0 Å². The summed E-state index contributed by atoms with van der Waals surface area (Å²) in [5.41, 5.74) is -1.87. The molecule has 16 heavy (non-hydrogen) atoms. The Bertz CT molecular complexity index is 273. The Labute approximate surface area is 97.7 Å². The number of carbonyl (C=O) groups is 2. The lowest BCUT2D eigenvalue weighted by Crippen LogP contribution is -2.57. The molecule has 0 aliphatic carbocycles. The highest BCUT2D eigenvalue weighted by Gasteiger charge is 2.39. The Morgan fingerprint density at radius 2 is 1.50 bits per heavy atom. The summed E-state index contributed by atoms with van der Waals surface area (Å²) in [6.07, 6.45) is 0.175. The molecule has 4 nitrogen and oxygen atoms in total. The van der Waals surface area contributed by atoms with Crippen LogP contribution in [0.2, 0.25) is 0 Å². The molecule has 0 aromatic rings. The molecule has 0 rings (SSSR count). The maximum atomic E-state index is 11.6. The van der Waals surface area contributed by atoms with Gasteiger partial charge in [-0.15, -0.1) is 0 Å². The Balaban J connectivity index is 4.70. The van der Waals surface area contributed by atoms with E-state index in [2.05, 4.69) is 5.32 Å². The Hall–Kier alpha value is -1.06. The van der Waals surface area contributed by atoms with Gasteiger partial charge in [-0.3, -0.25) is 0 Å². The lowest BCUT2D eigenvalue weighted by Gasteiger charge is -2.38. The number of hydrogen-bond donors (Lipinski definition) is 1. The van der Waals surface area contributed by atoms with Gasteiger partial charge in [-0.1, -0.05) is 20.8 Å². The lowest BCUT2D eigenvalue weighted by atomic mass is 9.76. The molecule has 0 saturated heterocycles. The van der Waals surface area contributed by atoms with Crippen LogP contribution in [0.25, 0.3) is 0 Å². The minimum atomic E-state index is -0.935. The molecule has 0 bridgehead atoms. The molecule has 0 spiro atoms. The molecule has 1 amide bonds. The van der Waals surface area contributed by atoms with Gasteiger partial charge >= 0.3 is 6.09 Å². The molecule has 0 radical (unpaired) electrons. The zero-order valence-electron chi connectivity index (χ0n) is 11.3. The molecule has 0 aliphatic rings. The minimum absolute atomic E-state index is 0.369. The summed E-state index contributed by atoms with van der Waals surface area (Å²) < 4.78 is 5.12. The van der Waals surface area contributed by atoms with E-state index in [0.717, 1.165) is 6.29 Å². The monoisotopic (exact) mass is 229 g/mol. The zero-order chi connectivity index (χ0) is 13.2. The highest BCUT2D eigenvalue weighted by Crippen LogP contribution is 2.28. The Morgan fingerprint density at radius 1 is 1.06 bits per heavy atom. The van der Waals surface area contributed by atoms with E-state index in [1.807, 2.05) is 20.8 Å². The maximum absolute atomic E-state index is 11.6. The van der Waals surface area contributed by atoms with Crippen LogP contribution in [-0.4, -0.2) is 23.5 Å². The van der Waals surface area contributed by atoms with Crippen LogP contribution in [0.5, 0.6) is 0 Å². The van der Waals surface area contributed by atoms with Crippen molar-refractivity contribution >= 4 is 12.4 Å². The number of nitrogens with one attached hydrogen (secondary N) is 1. The third-order valence-electron chi connectivity index (χ3n) is 2.55. The van der Waals surface area contributed by atoms with Crippen LogP contribution in [0, 0.1) is 5.41 Å². The third-order valence-corrected chi connectivity index (χ3v) is 2.55. The number of rotatable bonds is 2. The number of alkyl carbamates (subject to hydrolysis) is 1. The van der Waals surface area contributed by atoms with Crippen molar-refractivity contribution in [3.8, 4) is 0 Å². The first-order chi connectivity index (χ1) is 6.91. The molecule has 0 aliphatic heterocycles. The van der Waals surface area contributed by atoms with Crippen molar-refractivity contribution in [2.24, 2.45) is 5.41 Å². The second-order valence-corrected chi connectivity index (χ2v) is 6.20. The summed E-state index contributed by atoms with van der Waals surface area (Å²) in [4.78, 5) is 22.7. The maximum Gasteiger partial charge on any atom is 0.408 e. The predicted molar refractivity (Wildman–Crippen MR) is 63.3 cm³/mol. The van der Waals surface area contributed by atoms with Gasteiger partial charge in [-0.25, -0.2) is 4.79 Å². The van der Waals surface area contributed by atoms with Crippen molar-refractivity contribution in [2.75, 3.05) is 0 Å². The van der Waals surface area contributed by atoms with Crippen molar-refractivity contribution in [3.05, 3.63) is 0 Å². The summed E-state index contributed by atoms with van der Waals surface area (Å²) in [7, 11) is 0. The second-order valence-electron chi connectivity index (χ2n) is 6.20. The molecular weight excluding hydrogens is 206 g/mol. The van der Waals surface area contributed by atoms with Crippen LogP contribution in [0.1, 0.15) is 48.5 Å². The van der Waals surface area contributed by atoms with Crippen LogP contribution in [0.4, 0.5) is 4.79 Å². The van der Waals surface area contributed by atoms with Gasteiger partial charge in [0.05, 0.1) is 0 Å². The normalized spacial score (nSPS) is 16.2. The van der Waals surface area contributed by atoms with Gasteiger partial charge in [0.1, 0.15) is 17.4 Å². The molecule has 0 saturated carbocycles. The molecule has 0 aromatic carbocycles. The second kappa shape index (κ2) is 4.44. The van der Waals surface area contributed by atoms with Crippen LogP contribution < -0.4 is 5.32 Å². The van der Waals surface area contributed by atoms with Crippen molar-refractivity contribution < 1.29 is 14.3 Å². The summed E-state index contributed by atoms with van der Waals surface area (Å²) in [6.45, 7) is 12.7. The molecule has 4 heteroatoms. The molecule has 1 N–H and O–H groups in total. The van der Waals surface area contributed by atoms with Gasteiger partial charge in [0.2, 0.25) is 0 Å². The molecule has 0 fully saturated rings. The molecule has 1 unspecified atom stereocenters. The Kier molecular flexibility index (Phi) is 4.14. The molecule has 1 atom stereocenters. The van der Waals surface area contributed by atoms with Gasteiger partial charge < -0.3 is 14.8 Å². The van der Waals surface area contributed by atoms with E-state index in [4.69, 9.17) is 4.74 Å². The summed E-state index contributed by atoms with van der Waals surface area (Å²) in [6, 6.07) is 0. The first kappa shape index (κ1) is 14.9. The van der Waals surface area contributed by atoms with Crippen molar-refractivity contribution in [3.63, 3.8) is 0 Å². The van der Waals surface area contributed by atoms with E-state index in [-0.39, 0.29) is 5.41 Å². The summed E-state index contributed by atoms with van der Waals surface area (Å²) in [5, 5.41) is 2.61. The zero-order valence-corrected chi connectivity index (χ0v) is 11.3. The van der Waals surface area contributed by atoms with Crippen molar-refractivity contribution in [1.82, 2.24) is 5.32 Å². The molecule has 0 heterocycles. The van der Waals surface area contributed by atoms with Crippen LogP contribution >= 0.6 is 0 Å². The fraction of sp³-hybridized carbons (Fsp3) is 0.833. The molecular formula is C12H23NO3. The van der Waals surface area contributed by atoms with Crippen molar-refractivity contribution in [1.29, 1.82) is 0 Å². The largest absolute Gasteiger partial charge is 0.444 e. The van der Waals surface area contributed by atoms with Crippen LogP contribution in [0.3, 0.4) is 0 Å². The highest BCUT2D eigenvalue weighted by atomic mass is 16.6. The Morgan fingerprint density at radius 3 is 1.75 bits per heavy atom.